The quantitative estimate of drug-likeness (QED) is 0.895. The van der Waals surface area contributed by atoms with Crippen LogP contribution in [0.3, 0.4) is 0 Å². The Balaban J connectivity index is 1.90. The van der Waals surface area contributed by atoms with Gasteiger partial charge in [0.15, 0.2) is 0 Å². The first kappa shape index (κ1) is 12.3. The fourth-order valence-electron chi connectivity index (χ4n) is 1.98. The van der Waals surface area contributed by atoms with Gasteiger partial charge in [-0.3, -0.25) is 4.79 Å². The minimum absolute atomic E-state index is 0.0448. The Morgan fingerprint density at radius 3 is 2.53 bits per heavy atom. The van der Waals surface area contributed by atoms with Crippen LogP contribution >= 0.6 is 15.9 Å². The van der Waals surface area contributed by atoms with Gasteiger partial charge >= 0.3 is 0 Å². The fraction of sp³-hybridized carbons (Fsp3) is 0.545. The maximum Gasteiger partial charge on any atom is 0.225 e. The number of nitrogens with one attached hydrogen (secondary N) is 1. The lowest BCUT2D eigenvalue weighted by molar-refractivity contribution is -0.119. The average Bonchev–Trinajstić information content (AvgIpc) is 2.30. The van der Waals surface area contributed by atoms with Gasteiger partial charge < -0.3 is 10.2 Å². The highest BCUT2D eigenvalue weighted by atomic mass is 79.9. The molecule has 1 fully saturated rings. The minimum atomic E-state index is 0.0448. The number of amides is 1. The van der Waals surface area contributed by atoms with Crippen LogP contribution in [-0.2, 0) is 4.79 Å². The molecule has 0 bridgehead atoms. The lowest BCUT2D eigenvalue weighted by Crippen LogP contribution is -2.44. The Bertz CT molecular complexity index is 387. The van der Waals surface area contributed by atoms with E-state index in [1.807, 2.05) is 0 Å². The monoisotopic (exact) mass is 298 g/mol. The van der Waals surface area contributed by atoms with Crippen LogP contribution in [0.1, 0.15) is 19.8 Å². The topological polar surface area (TPSA) is 58.1 Å². The molecule has 1 aromatic rings. The summed E-state index contributed by atoms with van der Waals surface area (Å²) in [5.74, 6) is 0.804. The molecule has 0 spiro atoms. The Morgan fingerprint density at radius 1 is 1.41 bits per heavy atom. The van der Waals surface area contributed by atoms with E-state index in [1.54, 1.807) is 19.3 Å². The summed E-state index contributed by atoms with van der Waals surface area (Å²) in [4.78, 5) is 21.6. The largest absolute Gasteiger partial charge is 0.353 e. The highest BCUT2D eigenvalue weighted by molar-refractivity contribution is 9.10. The number of carbonyl (C=O) groups is 1. The van der Waals surface area contributed by atoms with Crippen molar-refractivity contribution >= 4 is 27.8 Å². The van der Waals surface area contributed by atoms with Crippen molar-refractivity contribution in [2.45, 2.75) is 25.8 Å². The van der Waals surface area contributed by atoms with Gasteiger partial charge in [-0.1, -0.05) is 0 Å². The second kappa shape index (κ2) is 5.44. The van der Waals surface area contributed by atoms with Crippen LogP contribution in [0.2, 0.25) is 0 Å². The molecular formula is C11H15BrN4O. The van der Waals surface area contributed by atoms with Gasteiger partial charge in [0, 0.05) is 38.4 Å². The van der Waals surface area contributed by atoms with E-state index < -0.39 is 0 Å². The number of hydrogen-bond donors (Lipinski definition) is 1. The number of halogens is 1. The molecule has 1 saturated heterocycles. The predicted molar refractivity (Wildman–Crippen MR) is 68.8 cm³/mol. The molecule has 17 heavy (non-hydrogen) atoms. The van der Waals surface area contributed by atoms with Gasteiger partial charge in [0.05, 0.1) is 4.47 Å². The second-order valence-electron chi connectivity index (χ2n) is 4.16. The van der Waals surface area contributed by atoms with E-state index in [4.69, 9.17) is 0 Å². The third kappa shape index (κ3) is 3.39. The molecule has 0 aliphatic carbocycles. The Kier molecular flexibility index (Phi) is 3.93. The molecule has 92 valence electrons. The number of nitrogens with zero attached hydrogens (tertiary/aromatic N) is 3. The standard InChI is InChI=1S/C11H15BrN4O/c1-8(17)15-10-2-4-16(5-3-10)11-13-6-9(12)7-14-11/h6-7,10H,2-5H2,1H3,(H,15,17). The third-order valence-corrected chi connectivity index (χ3v) is 3.20. The van der Waals surface area contributed by atoms with Gasteiger partial charge in [0.25, 0.3) is 0 Å². The number of piperidine rings is 1. The van der Waals surface area contributed by atoms with Crippen LogP contribution in [0.25, 0.3) is 0 Å². The molecule has 0 radical (unpaired) electrons. The molecule has 1 aliphatic rings. The van der Waals surface area contributed by atoms with E-state index in [9.17, 15) is 4.79 Å². The summed E-state index contributed by atoms with van der Waals surface area (Å²) >= 11 is 3.32. The van der Waals surface area contributed by atoms with Gasteiger partial charge in [-0.05, 0) is 28.8 Å². The number of rotatable bonds is 2. The smallest absolute Gasteiger partial charge is 0.225 e. The van der Waals surface area contributed by atoms with Crippen molar-refractivity contribution in [3.63, 3.8) is 0 Å². The highest BCUT2D eigenvalue weighted by Crippen LogP contribution is 2.16. The summed E-state index contributed by atoms with van der Waals surface area (Å²) < 4.78 is 0.884. The molecule has 0 unspecified atom stereocenters. The van der Waals surface area contributed by atoms with E-state index in [0.717, 1.165) is 36.4 Å². The van der Waals surface area contributed by atoms with Crippen molar-refractivity contribution in [1.29, 1.82) is 0 Å². The van der Waals surface area contributed by atoms with Gasteiger partial charge in [-0.25, -0.2) is 9.97 Å². The normalized spacial score (nSPS) is 16.9. The van der Waals surface area contributed by atoms with Crippen molar-refractivity contribution < 1.29 is 4.79 Å². The molecule has 0 aromatic carbocycles. The molecule has 1 aliphatic heterocycles. The first-order chi connectivity index (χ1) is 8.15. The minimum Gasteiger partial charge on any atom is -0.353 e. The zero-order valence-electron chi connectivity index (χ0n) is 9.69. The summed E-state index contributed by atoms with van der Waals surface area (Å²) in [6.07, 6.45) is 5.39. The van der Waals surface area contributed by atoms with Crippen molar-refractivity contribution in [2.24, 2.45) is 0 Å². The van der Waals surface area contributed by atoms with Crippen molar-refractivity contribution in [2.75, 3.05) is 18.0 Å². The molecule has 2 rings (SSSR count). The predicted octanol–water partition coefficient (Wildman–Crippen LogP) is 1.34. The molecule has 1 amide bonds. The summed E-state index contributed by atoms with van der Waals surface area (Å²) in [5, 5.41) is 2.95. The van der Waals surface area contributed by atoms with Crippen LogP contribution in [-0.4, -0.2) is 35.0 Å². The zero-order chi connectivity index (χ0) is 12.3. The zero-order valence-corrected chi connectivity index (χ0v) is 11.3. The Morgan fingerprint density at radius 2 is 2.00 bits per heavy atom. The average molecular weight is 299 g/mol. The van der Waals surface area contributed by atoms with Crippen molar-refractivity contribution in [1.82, 2.24) is 15.3 Å². The van der Waals surface area contributed by atoms with E-state index in [1.165, 1.54) is 0 Å². The Labute approximate surface area is 109 Å². The molecule has 6 heteroatoms. The summed E-state index contributed by atoms with van der Waals surface area (Å²) in [5.41, 5.74) is 0. The summed E-state index contributed by atoms with van der Waals surface area (Å²) in [6, 6.07) is 0.291. The lowest BCUT2D eigenvalue weighted by Gasteiger charge is -2.32. The maximum atomic E-state index is 10.9. The second-order valence-corrected chi connectivity index (χ2v) is 5.08. The maximum absolute atomic E-state index is 10.9. The van der Waals surface area contributed by atoms with Crippen LogP contribution < -0.4 is 10.2 Å². The first-order valence-electron chi connectivity index (χ1n) is 5.65. The number of carbonyl (C=O) groups excluding carboxylic acids is 1. The van der Waals surface area contributed by atoms with Gasteiger partial charge in [-0.15, -0.1) is 0 Å². The van der Waals surface area contributed by atoms with Crippen LogP contribution in [0.15, 0.2) is 16.9 Å². The van der Waals surface area contributed by atoms with E-state index >= 15 is 0 Å². The third-order valence-electron chi connectivity index (χ3n) is 2.79. The molecule has 1 aromatic heterocycles. The molecule has 5 nitrogen and oxygen atoms in total. The molecule has 0 saturated carbocycles. The number of hydrogen-bond acceptors (Lipinski definition) is 4. The van der Waals surface area contributed by atoms with Gasteiger partial charge in [0.2, 0.25) is 11.9 Å². The van der Waals surface area contributed by atoms with Crippen molar-refractivity contribution in [3.05, 3.63) is 16.9 Å². The van der Waals surface area contributed by atoms with Crippen LogP contribution in [0.4, 0.5) is 5.95 Å². The lowest BCUT2D eigenvalue weighted by atomic mass is 10.1. The summed E-state index contributed by atoms with van der Waals surface area (Å²) in [7, 11) is 0. The number of aromatic nitrogens is 2. The number of anilines is 1. The Hall–Kier alpha value is -1.17. The van der Waals surface area contributed by atoms with E-state index in [-0.39, 0.29) is 5.91 Å². The van der Waals surface area contributed by atoms with Gasteiger partial charge in [0.1, 0.15) is 0 Å². The van der Waals surface area contributed by atoms with E-state index in [2.05, 4.69) is 36.1 Å². The van der Waals surface area contributed by atoms with Gasteiger partial charge in [-0.2, -0.15) is 0 Å². The SMILES string of the molecule is CC(=O)NC1CCN(c2ncc(Br)cn2)CC1. The van der Waals surface area contributed by atoms with E-state index in [0.29, 0.717) is 6.04 Å². The van der Waals surface area contributed by atoms with Crippen LogP contribution in [0, 0.1) is 0 Å². The summed E-state index contributed by atoms with van der Waals surface area (Å²) in [6.45, 7) is 3.32. The van der Waals surface area contributed by atoms with Crippen molar-refractivity contribution in [3.8, 4) is 0 Å². The first-order valence-corrected chi connectivity index (χ1v) is 6.44. The molecule has 1 N–H and O–H groups in total. The fourth-order valence-corrected chi connectivity index (χ4v) is 2.18. The molecule has 2 heterocycles. The van der Waals surface area contributed by atoms with Crippen LogP contribution in [0.5, 0.6) is 0 Å². The highest BCUT2D eigenvalue weighted by Gasteiger charge is 2.21. The molecular weight excluding hydrogens is 284 g/mol. The molecule has 0 atom stereocenters.